The molecule has 0 aromatic rings. The molecule has 0 heterocycles. The van der Waals surface area contributed by atoms with Crippen molar-refractivity contribution in [2.75, 3.05) is 0 Å². The van der Waals surface area contributed by atoms with E-state index in [4.69, 9.17) is 0 Å². The van der Waals surface area contributed by atoms with E-state index in [9.17, 15) is 0 Å². The molecule has 0 nitrogen and oxygen atoms in total. The van der Waals surface area contributed by atoms with Crippen molar-refractivity contribution in [3.63, 3.8) is 0 Å². The normalized spacial score (nSPS) is 10.1. The number of hydrogen-bond acceptors (Lipinski definition) is 0. The van der Waals surface area contributed by atoms with Gasteiger partial charge in [-0.1, -0.05) is 84.0 Å². The summed E-state index contributed by atoms with van der Waals surface area (Å²) in [5.74, 6) is 0. The maximum atomic E-state index is 3.87. The zero-order valence-electron chi connectivity index (χ0n) is 11.3. The Morgan fingerprint density at radius 3 is 1.19 bits per heavy atom. The molecular formula is C15H31Mn-. The molecule has 1 heteroatoms. The molecule has 0 saturated heterocycles. The van der Waals surface area contributed by atoms with Crippen LogP contribution in [0.15, 0.2) is 0 Å². The van der Waals surface area contributed by atoms with Gasteiger partial charge in [0.25, 0.3) is 0 Å². The van der Waals surface area contributed by atoms with Gasteiger partial charge in [-0.2, -0.15) is 6.42 Å². The van der Waals surface area contributed by atoms with E-state index < -0.39 is 0 Å². The monoisotopic (exact) mass is 266 g/mol. The number of hydrogen-bond donors (Lipinski definition) is 0. The molecule has 0 saturated carbocycles. The van der Waals surface area contributed by atoms with Crippen LogP contribution in [0.2, 0.25) is 0 Å². The molecule has 0 atom stereocenters. The Morgan fingerprint density at radius 1 is 0.562 bits per heavy atom. The van der Waals surface area contributed by atoms with Gasteiger partial charge < -0.3 is 6.92 Å². The Labute approximate surface area is 114 Å². The second-order valence-electron chi connectivity index (χ2n) is 4.74. The molecule has 0 N–H and O–H groups in total. The van der Waals surface area contributed by atoms with E-state index in [0.29, 0.717) is 0 Å². The zero-order valence-corrected chi connectivity index (χ0v) is 12.5. The van der Waals surface area contributed by atoms with Crippen molar-refractivity contribution in [3.05, 3.63) is 6.92 Å². The van der Waals surface area contributed by atoms with Gasteiger partial charge in [0, 0.05) is 17.1 Å². The van der Waals surface area contributed by atoms with E-state index in [1.54, 1.807) is 0 Å². The second kappa shape index (κ2) is 17.9. The largest absolute Gasteiger partial charge is 0.343 e. The second-order valence-corrected chi connectivity index (χ2v) is 4.74. The molecule has 0 aliphatic heterocycles. The van der Waals surface area contributed by atoms with Crippen LogP contribution >= 0.6 is 0 Å². The smallest absolute Gasteiger partial charge is 0 e. The Hall–Kier alpha value is 0.519. The minimum atomic E-state index is 0. The molecule has 1 radical (unpaired) electrons. The molecule has 16 heavy (non-hydrogen) atoms. The van der Waals surface area contributed by atoms with Crippen LogP contribution in [-0.2, 0) is 17.1 Å². The van der Waals surface area contributed by atoms with Crippen LogP contribution in [0.4, 0.5) is 0 Å². The topological polar surface area (TPSA) is 0 Å². The molecule has 0 bridgehead atoms. The van der Waals surface area contributed by atoms with Crippen molar-refractivity contribution in [1.82, 2.24) is 0 Å². The van der Waals surface area contributed by atoms with E-state index in [0.717, 1.165) is 6.42 Å². The number of rotatable bonds is 12. The minimum Gasteiger partial charge on any atom is -0.343 e. The molecule has 0 spiro atoms. The van der Waals surface area contributed by atoms with Crippen LogP contribution in [0.1, 0.15) is 90.4 Å². The Morgan fingerprint density at radius 2 is 0.875 bits per heavy atom. The molecule has 0 fully saturated rings. The van der Waals surface area contributed by atoms with Gasteiger partial charge in [0.05, 0.1) is 0 Å². The van der Waals surface area contributed by atoms with Crippen molar-refractivity contribution < 1.29 is 17.1 Å². The van der Waals surface area contributed by atoms with Gasteiger partial charge in [0.1, 0.15) is 0 Å². The summed E-state index contributed by atoms with van der Waals surface area (Å²) in [5, 5.41) is 0. The van der Waals surface area contributed by atoms with Crippen LogP contribution < -0.4 is 0 Å². The molecule has 0 aliphatic rings. The molecule has 0 aromatic heterocycles. The SMILES string of the molecule is [CH2-]CCCCCCCCCCCCCC.[Mn]. The fraction of sp³-hybridized carbons (Fsp3) is 0.933. The summed E-state index contributed by atoms with van der Waals surface area (Å²) in [6, 6.07) is 0. The quantitative estimate of drug-likeness (QED) is 0.234. The van der Waals surface area contributed by atoms with Crippen LogP contribution in [0.3, 0.4) is 0 Å². The third-order valence-corrected chi connectivity index (χ3v) is 3.10. The van der Waals surface area contributed by atoms with Crippen LogP contribution in [0, 0.1) is 6.92 Å². The molecule has 0 amide bonds. The molecule has 0 unspecified atom stereocenters. The van der Waals surface area contributed by atoms with Gasteiger partial charge >= 0.3 is 0 Å². The van der Waals surface area contributed by atoms with Crippen molar-refractivity contribution in [2.24, 2.45) is 0 Å². The first-order chi connectivity index (χ1) is 7.41. The molecule has 99 valence electrons. The average molecular weight is 266 g/mol. The minimum absolute atomic E-state index is 0. The van der Waals surface area contributed by atoms with Crippen LogP contribution in [0.5, 0.6) is 0 Å². The van der Waals surface area contributed by atoms with Gasteiger partial charge in [-0.15, -0.1) is 0 Å². The average Bonchev–Trinajstić information content (AvgIpc) is 2.26. The predicted octanol–water partition coefficient (Wildman–Crippen LogP) is 5.91. The van der Waals surface area contributed by atoms with Gasteiger partial charge in [0.2, 0.25) is 0 Å². The van der Waals surface area contributed by atoms with E-state index >= 15 is 0 Å². The first-order valence-electron chi connectivity index (χ1n) is 7.21. The molecule has 0 rings (SSSR count). The summed E-state index contributed by atoms with van der Waals surface area (Å²) in [6.07, 6.45) is 18.3. The zero-order chi connectivity index (χ0) is 11.2. The maximum Gasteiger partial charge on any atom is 0 e. The molecular weight excluding hydrogens is 235 g/mol. The van der Waals surface area contributed by atoms with Crippen molar-refractivity contribution in [3.8, 4) is 0 Å². The fourth-order valence-electron chi connectivity index (χ4n) is 2.02. The summed E-state index contributed by atoms with van der Waals surface area (Å²) < 4.78 is 0. The van der Waals surface area contributed by atoms with Crippen molar-refractivity contribution in [2.45, 2.75) is 90.4 Å². The summed E-state index contributed by atoms with van der Waals surface area (Å²) >= 11 is 0. The van der Waals surface area contributed by atoms with Crippen LogP contribution in [-0.4, -0.2) is 0 Å². The van der Waals surface area contributed by atoms with E-state index in [1.165, 1.54) is 77.0 Å². The Bertz CT molecular complexity index is 89.6. The van der Waals surface area contributed by atoms with E-state index in [2.05, 4.69) is 13.8 Å². The molecule has 0 aromatic carbocycles. The Balaban J connectivity index is 0. The van der Waals surface area contributed by atoms with Crippen molar-refractivity contribution in [1.29, 1.82) is 0 Å². The summed E-state index contributed by atoms with van der Waals surface area (Å²) in [5.41, 5.74) is 0. The summed E-state index contributed by atoms with van der Waals surface area (Å²) in [4.78, 5) is 0. The van der Waals surface area contributed by atoms with Crippen LogP contribution in [0.25, 0.3) is 0 Å². The van der Waals surface area contributed by atoms with Crippen molar-refractivity contribution >= 4 is 0 Å². The van der Waals surface area contributed by atoms with Gasteiger partial charge in [0.15, 0.2) is 0 Å². The maximum absolute atomic E-state index is 3.87. The summed E-state index contributed by atoms with van der Waals surface area (Å²) in [6.45, 7) is 6.15. The van der Waals surface area contributed by atoms with Gasteiger partial charge in [-0.3, -0.25) is 0 Å². The van der Waals surface area contributed by atoms with E-state index in [1.807, 2.05) is 0 Å². The fourth-order valence-corrected chi connectivity index (χ4v) is 2.02. The van der Waals surface area contributed by atoms with E-state index in [-0.39, 0.29) is 17.1 Å². The predicted molar refractivity (Wildman–Crippen MR) is 71.1 cm³/mol. The van der Waals surface area contributed by atoms with Gasteiger partial charge in [-0.05, 0) is 0 Å². The third-order valence-electron chi connectivity index (χ3n) is 3.10. The number of unbranched alkanes of at least 4 members (excludes halogenated alkanes) is 12. The molecule has 0 aliphatic carbocycles. The Kier molecular flexibility index (Phi) is 21.1. The summed E-state index contributed by atoms with van der Waals surface area (Å²) in [7, 11) is 0. The van der Waals surface area contributed by atoms with Gasteiger partial charge in [-0.25, -0.2) is 0 Å². The third kappa shape index (κ3) is 16.9. The first kappa shape index (κ1) is 18.9. The first-order valence-corrected chi connectivity index (χ1v) is 7.21. The standard InChI is InChI=1S/C15H31.Mn/c1-3-5-7-9-11-13-15-14-12-10-8-6-4-2;/h1,3-15H2,2H3;/q-1;.